The summed E-state index contributed by atoms with van der Waals surface area (Å²) in [5, 5.41) is 6.52. The molecular weight excluding hydrogens is 178 g/mol. The first-order chi connectivity index (χ1) is 5.86. The van der Waals surface area contributed by atoms with Gasteiger partial charge in [-0.15, -0.1) is 5.10 Å². The fraction of sp³-hybridized carbons (Fsp3) is 0. The lowest BCUT2D eigenvalue weighted by Gasteiger charge is -1.88. The van der Waals surface area contributed by atoms with Crippen LogP contribution in [0.2, 0.25) is 5.28 Å². The number of nitrogens with zero attached hydrogens (tertiary/aromatic N) is 4. The number of H-pyrrole nitrogens is 1. The first-order valence-electron chi connectivity index (χ1n) is 3.21. The van der Waals surface area contributed by atoms with E-state index in [0.29, 0.717) is 11.6 Å². The zero-order chi connectivity index (χ0) is 8.39. The van der Waals surface area contributed by atoms with E-state index in [0.717, 1.165) is 0 Å². The topological polar surface area (TPSA) is 67.3 Å². The van der Waals surface area contributed by atoms with Crippen LogP contribution in [0.25, 0.3) is 11.6 Å². The summed E-state index contributed by atoms with van der Waals surface area (Å²) in [5.74, 6) is 0.862. The van der Waals surface area contributed by atoms with Gasteiger partial charge in [0.1, 0.15) is 0 Å². The van der Waals surface area contributed by atoms with Gasteiger partial charge in [-0.25, -0.2) is 15.1 Å². The van der Waals surface area contributed by atoms with Crippen LogP contribution in [0.15, 0.2) is 18.5 Å². The van der Waals surface area contributed by atoms with Crippen molar-refractivity contribution in [1.29, 1.82) is 0 Å². The Morgan fingerprint density at radius 2 is 1.92 bits per heavy atom. The van der Waals surface area contributed by atoms with Gasteiger partial charge < -0.3 is 0 Å². The summed E-state index contributed by atoms with van der Waals surface area (Å²) in [6, 6.07) is 1.72. The van der Waals surface area contributed by atoms with Crippen molar-refractivity contribution >= 4 is 11.6 Å². The second-order valence-corrected chi connectivity index (χ2v) is 2.38. The van der Waals surface area contributed by atoms with Crippen molar-refractivity contribution in [3.63, 3.8) is 0 Å². The van der Waals surface area contributed by atoms with Crippen molar-refractivity contribution < 1.29 is 0 Å². The van der Waals surface area contributed by atoms with E-state index < -0.39 is 0 Å². The van der Waals surface area contributed by atoms with Crippen LogP contribution in [0.3, 0.4) is 0 Å². The van der Waals surface area contributed by atoms with E-state index in [1.807, 2.05) is 0 Å². The highest BCUT2D eigenvalue weighted by molar-refractivity contribution is 6.28. The lowest BCUT2D eigenvalue weighted by Crippen LogP contribution is -1.88. The highest BCUT2D eigenvalue weighted by atomic mass is 35.5. The van der Waals surface area contributed by atoms with Crippen LogP contribution in [0.4, 0.5) is 0 Å². The summed E-state index contributed by atoms with van der Waals surface area (Å²) < 4.78 is 0. The quantitative estimate of drug-likeness (QED) is 0.710. The maximum atomic E-state index is 5.53. The SMILES string of the molecule is Clc1nc(-c2ncccn2)n[nH]1. The molecule has 2 aromatic heterocycles. The van der Waals surface area contributed by atoms with E-state index in [4.69, 9.17) is 11.6 Å². The molecule has 0 fully saturated rings. The van der Waals surface area contributed by atoms with Gasteiger partial charge in [0.05, 0.1) is 0 Å². The van der Waals surface area contributed by atoms with Gasteiger partial charge in [0.25, 0.3) is 0 Å². The van der Waals surface area contributed by atoms with Gasteiger partial charge in [0.2, 0.25) is 11.1 Å². The van der Waals surface area contributed by atoms with Gasteiger partial charge in [-0.3, -0.25) is 0 Å². The zero-order valence-corrected chi connectivity index (χ0v) is 6.65. The van der Waals surface area contributed by atoms with Crippen LogP contribution in [0.5, 0.6) is 0 Å². The fourth-order valence-electron chi connectivity index (χ4n) is 0.757. The summed E-state index contributed by atoms with van der Waals surface area (Å²) in [4.78, 5) is 11.7. The lowest BCUT2D eigenvalue weighted by molar-refractivity contribution is 1.06. The zero-order valence-electron chi connectivity index (χ0n) is 5.90. The van der Waals surface area contributed by atoms with Gasteiger partial charge in [-0.2, -0.15) is 4.98 Å². The molecule has 0 unspecified atom stereocenters. The summed E-state index contributed by atoms with van der Waals surface area (Å²) >= 11 is 5.53. The number of aromatic nitrogens is 5. The van der Waals surface area contributed by atoms with Gasteiger partial charge in [0.15, 0.2) is 5.82 Å². The third kappa shape index (κ3) is 1.26. The van der Waals surface area contributed by atoms with Crippen molar-refractivity contribution in [2.75, 3.05) is 0 Å². The monoisotopic (exact) mass is 181 g/mol. The van der Waals surface area contributed by atoms with E-state index in [-0.39, 0.29) is 5.28 Å². The molecule has 0 aliphatic rings. The van der Waals surface area contributed by atoms with E-state index in [2.05, 4.69) is 25.1 Å². The molecule has 0 spiro atoms. The van der Waals surface area contributed by atoms with Crippen molar-refractivity contribution in [2.45, 2.75) is 0 Å². The van der Waals surface area contributed by atoms with E-state index >= 15 is 0 Å². The van der Waals surface area contributed by atoms with Crippen molar-refractivity contribution in [1.82, 2.24) is 25.1 Å². The summed E-state index contributed by atoms with van der Waals surface area (Å²) in [5.41, 5.74) is 0. The average molecular weight is 182 g/mol. The van der Waals surface area contributed by atoms with Crippen molar-refractivity contribution in [3.8, 4) is 11.6 Å². The number of hydrogen-bond acceptors (Lipinski definition) is 4. The average Bonchev–Trinajstić information content (AvgIpc) is 2.54. The third-order valence-electron chi connectivity index (χ3n) is 1.22. The summed E-state index contributed by atoms with van der Waals surface area (Å²) in [6.07, 6.45) is 3.24. The van der Waals surface area contributed by atoms with E-state index in [1.165, 1.54) is 0 Å². The molecule has 0 radical (unpaired) electrons. The first-order valence-corrected chi connectivity index (χ1v) is 3.59. The van der Waals surface area contributed by atoms with Gasteiger partial charge in [0, 0.05) is 12.4 Å². The molecule has 5 nitrogen and oxygen atoms in total. The molecule has 0 saturated carbocycles. The highest BCUT2D eigenvalue weighted by Gasteiger charge is 2.05. The fourth-order valence-corrected chi connectivity index (χ4v) is 0.879. The molecule has 0 atom stereocenters. The molecule has 2 rings (SSSR count). The Morgan fingerprint density at radius 1 is 1.17 bits per heavy atom. The van der Waals surface area contributed by atoms with E-state index in [9.17, 15) is 0 Å². The Hall–Kier alpha value is -1.49. The summed E-state index contributed by atoms with van der Waals surface area (Å²) in [7, 11) is 0. The predicted octanol–water partition coefficient (Wildman–Crippen LogP) is 0.915. The van der Waals surface area contributed by atoms with Crippen LogP contribution < -0.4 is 0 Å². The smallest absolute Gasteiger partial charge is 0.220 e. The normalized spacial score (nSPS) is 10.1. The molecular formula is C6H4ClN5. The Bertz CT molecular complexity index is 370. The number of rotatable bonds is 1. The van der Waals surface area contributed by atoms with Crippen molar-refractivity contribution in [2.24, 2.45) is 0 Å². The van der Waals surface area contributed by atoms with Crippen LogP contribution in [-0.2, 0) is 0 Å². The molecule has 12 heavy (non-hydrogen) atoms. The minimum absolute atomic E-state index is 0.234. The number of halogens is 1. The van der Waals surface area contributed by atoms with Crippen molar-refractivity contribution in [3.05, 3.63) is 23.7 Å². The number of aromatic amines is 1. The minimum Gasteiger partial charge on any atom is -0.249 e. The minimum atomic E-state index is 0.234. The Morgan fingerprint density at radius 3 is 2.50 bits per heavy atom. The second kappa shape index (κ2) is 2.86. The molecule has 0 aromatic carbocycles. The summed E-state index contributed by atoms with van der Waals surface area (Å²) in [6.45, 7) is 0. The molecule has 2 aromatic rings. The van der Waals surface area contributed by atoms with Crippen LogP contribution >= 0.6 is 11.6 Å². The first kappa shape index (κ1) is 7.17. The molecule has 0 amide bonds. The molecule has 0 bridgehead atoms. The Labute approximate surface area is 72.8 Å². The number of hydrogen-bond donors (Lipinski definition) is 1. The Kier molecular flexibility index (Phi) is 1.71. The maximum Gasteiger partial charge on any atom is 0.220 e. The Balaban J connectivity index is 2.45. The molecule has 0 saturated heterocycles. The molecule has 0 aliphatic carbocycles. The third-order valence-corrected chi connectivity index (χ3v) is 1.39. The van der Waals surface area contributed by atoms with Gasteiger partial charge in [-0.05, 0) is 17.7 Å². The highest BCUT2D eigenvalue weighted by Crippen LogP contribution is 2.08. The standard InChI is InChI=1S/C6H4ClN5/c7-6-10-5(11-12-6)4-8-2-1-3-9-4/h1-3H,(H,10,11,12). The number of nitrogens with one attached hydrogen (secondary N) is 1. The van der Waals surface area contributed by atoms with E-state index in [1.54, 1.807) is 18.5 Å². The predicted molar refractivity (Wildman–Crippen MR) is 42.4 cm³/mol. The lowest BCUT2D eigenvalue weighted by atomic mass is 10.5. The largest absolute Gasteiger partial charge is 0.249 e. The van der Waals surface area contributed by atoms with Gasteiger partial charge in [-0.1, -0.05) is 0 Å². The molecule has 60 valence electrons. The molecule has 2 heterocycles. The van der Waals surface area contributed by atoms with Crippen LogP contribution in [0, 0.1) is 0 Å². The molecule has 0 aliphatic heterocycles. The van der Waals surface area contributed by atoms with Gasteiger partial charge >= 0.3 is 0 Å². The second-order valence-electron chi connectivity index (χ2n) is 2.02. The molecule has 6 heteroatoms. The van der Waals surface area contributed by atoms with Crippen LogP contribution in [0.1, 0.15) is 0 Å². The maximum absolute atomic E-state index is 5.53. The van der Waals surface area contributed by atoms with Crippen LogP contribution in [-0.4, -0.2) is 25.1 Å². The molecule has 1 N–H and O–H groups in total.